The van der Waals surface area contributed by atoms with Crippen LogP contribution >= 0.6 is 27.5 Å². The van der Waals surface area contributed by atoms with Crippen LogP contribution in [0.25, 0.3) is 0 Å². The molecule has 3 heteroatoms. The largest absolute Gasteiger partial charge is 0.207 e. The summed E-state index contributed by atoms with van der Waals surface area (Å²) < 4.78 is 13.6. The Kier molecular flexibility index (Phi) is 4.41. The first-order valence-corrected chi connectivity index (χ1v) is 7.01. The highest BCUT2D eigenvalue weighted by molar-refractivity contribution is 9.09. The molecular formula is C15H13BrClF. The molecule has 0 bridgehead atoms. The van der Waals surface area contributed by atoms with E-state index in [2.05, 4.69) is 15.9 Å². The van der Waals surface area contributed by atoms with E-state index in [0.29, 0.717) is 17.0 Å². The Hall–Kier alpha value is -0.860. The zero-order valence-corrected chi connectivity index (χ0v) is 12.3. The van der Waals surface area contributed by atoms with Gasteiger partial charge in [-0.25, -0.2) is 4.39 Å². The quantitative estimate of drug-likeness (QED) is 0.656. The summed E-state index contributed by atoms with van der Waals surface area (Å²) in [4.78, 5) is 0.0631. The summed E-state index contributed by atoms with van der Waals surface area (Å²) in [5.41, 5.74) is 2.96. The lowest BCUT2D eigenvalue weighted by Gasteiger charge is -2.14. The third-order valence-electron chi connectivity index (χ3n) is 2.94. The fraction of sp³-hybridized carbons (Fsp3) is 0.200. The number of alkyl halides is 1. The fourth-order valence-corrected chi connectivity index (χ4v) is 2.94. The van der Waals surface area contributed by atoms with Crippen LogP contribution in [0.15, 0.2) is 42.5 Å². The van der Waals surface area contributed by atoms with Gasteiger partial charge in [-0.2, -0.15) is 0 Å². The van der Waals surface area contributed by atoms with Gasteiger partial charge >= 0.3 is 0 Å². The molecule has 0 radical (unpaired) electrons. The predicted molar refractivity (Wildman–Crippen MR) is 78.0 cm³/mol. The summed E-state index contributed by atoms with van der Waals surface area (Å²) in [6, 6.07) is 12.6. The zero-order valence-electron chi connectivity index (χ0n) is 9.96. The number of hydrogen-bond acceptors (Lipinski definition) is 0. The maximum absolute atomic E-state index is 13.6. The molecule has 0 N–H and O–H groups in total. The molecule has 2 rings (SSSR count). The zero-order chi connectivity index (χ0) is 13.1. The highest BCUT2D eigenvalue weighted by Gasteiger charge is 2.13. The van der Waals surface area contributed by atoms with Crippen molar-refractivity contribution in [2.45, 2.75) is 18.2 Å². The molecule has 0 saturated heterocycles. The topological polar surface area (TPSA) is 0 Å². The first-order chi connectivity index (χ1) is 8.58. The van der Waals surface area contributed by atoms with Gasteiger partial charge in [0.25, 0.3) is 0 Å². The first kappa shape index (κ1) is 13.6. The number of rotatable bonds is 3. The SMILES string of the molecule is Cc1ccc(Cl)cc1C(Br)Cc1ccccc1F. The summed E-state index contributed by atoms with van der Waals surface area (Å²) in [7, 11) is 0. The van der Waals surface area contributed by atoms with Crippen LogP contribution in [0.2, 0.25) is 5.02 Å². The van der Waals surface area contributed by atoms with Gasteiger partial charge in [0.2, 0.25) is 0 Å². The van der Waals surface area contributed by atoms with Crippen LogP contribution in [0.1, 0.15) is 21.5 Å². The van der Waals surface area contributed by atoms with Crippen LogP contribution in [-0.2, 0) is 6.42 Å². The second-order valence-corrected chi connectivity index (χ2v) is 5.81. The lowest BCUT2D eigenvalue weighted by Crippen LogP contribution is -2.00. The Bertz CT molecular complexity index is 554. The van der Waals surface area contributed by atoms with E-state index < -0.39 is 0 Å². The van der Waals surface area contributed by atoms with Crippen molar-refractivity contribution < 1.29 is 4.39 Å². The molecule has 1 atom stereocenters. The molecule has 0 nitrogen and oxygen atoms in total. The average molecular weight is 328 g/mol. The molecule has 0 heterocycles. The van der Waals surface area contributed by atoms with Crippen molar-refractivity contribution in [3.8, 4) is 0 Å². The van der Waals surface area contributed by atoms with Crippen LogP contribution in [0.4, 0.5) is 4.39 Å². The second-order valence-electron chi connectivity index (χ2n) is 4.26. The van der Waals surface area contributed by atoms with Crippen molar-refractivity contribution in [2.24, 2.45) is 0 Å². The van der Waals surface area contributed by atoms with Crippen LogP contribution in [-0.4, -0.2) is 0 Å². The van der Waals surface area contributed by atoms with Gasteiger partial charge in [-0.05, 0) is 48.2 Å². The van der Waals surface area contributed by atoms with Gasteiger partial charge in [-0.3, -0.25) is 0 Å². The maximum atomic E-state index is 13.6. The molecule has 18 heavy (non-hydrogen) atoms. The Morgan fingerprint density at radius 3 is 2.67 bits per heavy atom. The second kappa shape index (κ2) is 5.85. The molecular weight excluding hydrogens is 315 g/mol. The van der Waals surface area contributed by atoms with E-state index in [1.54, 1.807) is 6.07 Å². The molecule has 1 unspecified atom stereocenters. The molecule has 0 saturated carbocycles. The molecule has 94 valence electrons. The van der Waals surface area contributed by atoms with Crippen molar-refractivity contribution in [2.75, 3.05) is 0 Å². The van der Waals surface area contributed by atoms with Crippen LogP contribution in [0.5, 0.6) is 0 Å². The van der Waals surface area contributed by atoms with Gasteiger partial charge in [0, 0.05) is 9.85 Å². The van der Waals surface area contributed by atoms with E-state index >= 15 is 0 Å². The minimum Gasteiger partial charge on any atom is -0.207 e. The third-order valence-corrected chi connectivity index (χ3v) is 3.99. The molecule has 0 aliphatic heterocycles. The number of benzene rings is 2. The molecule has 0 aliphatic carbocycles. The lowest BCUT2D eigenvalue weighted by molar-refractivity contribution is 0.608. The van der Waals surface area contributed by atoms with Gasteiger partial charge in [0.1, 0.15) is 5.82 Å². The molecule has 0 spiro atoms. The van der Waals surface area contributed by atoms with E-state index in [9.17, 15) is 4.39 Å². The Balaban J connectivity index is 2.25. The number of hydrogen-bond donors (Lipinski definition) is 0. The van der Waals surface area contributed by atoms with Crippen molar-refractivity contribution in [3.05, 3.63) is 70.0 Å². The minimum atomic E-state index is -0.165. The third kappa shape index (κ3) is 3.12. The van der Waals surface area contributed by atoms with Crippen molar-refractivity contribution in [3.63, 3.8) is 0 Å². The molecule has 2 aromatic carbocycles. The normalized spacial score (nSPS) is 12.4. The van der Waals surface area contributed by atoms with Gasteiger partial charge in [-0.1, -0.05) is 51.8 Å². The predicted octanol–water partition coefficient (Wildman–Crippen LogP) is 5.47. The van der Waals surface area contributed by atoms with Gasteiger partial charge < -0.3 is 0 Å². The van der Waals surface area contributed by atoms with Crippen LogP contribution < -0.4 is 0 Å². The molecule has 0 fully saturated rings. The average Bonchev–Trinajstić information content (AvgIpc) is 2.35. The standard InChI is InChI=1S/C15H13BrClF/c1-10-6-7-12(17)9-13(10)14(16)8-11-4-2-3-5-15(11)18/h2-7,9,14H,8H2,1H3. The Labute approximate surface area is 120 Å². The van der Waals surface area contributed by atoms with Crippen LogP contribution in [0.3, 0.4) is 0 Å². The first-order valence-electron chi connectivity index (χ1n) is 5.71. The summed E-state index contributed by atoms with van der Waals surface area (Å²) in [5, 5.41) is 0.702. The molecule has 2 aromatic rings. The summed E-state index contributed by atoms with van der Waals surface area (Å²) >= 11 is 9.62. The van der Waals surface area contributed by atoms with E-state index in [1.807, 2.05) is 37.3 Å². The van der Waals surface area contributed by atoms with Gasteiger partial charge in [-0.15, -0.1) is 0 Å². The highest BCUT2D eigenvalue weighted by atomic mass is 79.9. The minimum absolute atomic E-state index is 0.0631. The molecule has 0 amide bonds. The molecule has 0 aromatic heterocycles. The number of halogens is 3. The van der Waals surface area contributed by atoms with E-state index in [0.717, 1.165) is 11.1 Å². The van der Waals surface area contributed by atoms with Gasteiger partial charge in [0.05, 0.1) is 0 Å². The highest BCUT2D eigenvalue weighted by Crippen LogP contribution is 2.31. The maximum Gasteiger partial charge on any atom is 0.126 e. The van der Waals surface area contributed by atoms with Crippen molar-refractivity contribution in [1.82, 2.24) is 0 Å². The van der Waals surface area contributed by atoms with E-state index in [1.165, 1.54) is 6.07 Å². The fourth-order valence-electron chi connectivity index (χ4n) is 1.92. The van der Waals surface area contributed by atoms with E-state index in [-0.39, 0.29) is 10.6 Å². The number of aryl methyl sites for hydroxylation is 1. The summed E-state index contributed by atoms with van der Waals surface area (Å²) in [6.45, 7) is 2.03. The summed E-state index contributed by atoms with van der Waals surface area (Å²) in [5.74, 6) is -0.165. The Morgan fingerprint density at radius 1 is 1.22 bits per heavy atom. The Morgan fingerprint density at radius 2 is 1.94 bits per heavy atom. The van der Waals surface area contributed by atoms with Crippen molar-refractivity contribution >= 4 is 27.5 Å². The summed E-state index contributed by atoms with van der Waals surface area (Å²) in [6.07, 6.45) is 0.605. The van der Waals surface area contributed by atoms with Crippen molar-refractivity contribution in [1.29, 1.82) is 0 Å². The lowest BCUT2D eigenvalue weighted by atomic mass is 10.0. The van der Waals surface area contributed by atoms with E-state index in [4.69, 9.17) is 11.6 Å². The monoisotopic (exact) mass is 326 g/mol. The van der Waals surface area contributed by atoms with Crippen LogP contribution in [0, 0.1) is 12.7 Å². The molecule has 0 aliphatic rings. The van der Waals surface area contributed by atoms with Gasteiger partial charge in [0.15, 0.2) is 0 Å². The smallest absolute Gasteiger partial charge is 0.126 e.